The number of phenolic OH excluding ortho intramolecular Hbond substituents is 1. The van der Waals surface area contributed by atoms with E-state index in [4.69, 9.17) is 5.73 Å². The average Bonchev–Trinajstić information content (AvgIpc) is 3.46. The van der Waals surface area contributed by atoms with E-state index in [0.717, 1.165) is 0 Å². The fourth-order valence-corrected chi connectivity index (χ4v) is 3.86. The topological polar surface area (TPSA) is 220 Å². The lowest BCUT2D eigenvalue weighted by molar-refractivity contribution is -0.142. The highest BCUT2D eigenvalue weighted by molar-refractivity contribution is 5.94. The van der Waals surface area contributed by atoms with E-state index < -0.39 is 54.5 Å². The Morgan fingerprint density at radius 3 is 1.88 bits per heavy atom. The number of carboxylic acid groups (broad SMARTS) is 1. The van der Waals surface area contributed by atoms with E-state index in [1.165, 1.54) is 24.7 Å². The lowest BCUT2D eigenvalue weighted by Crippen LogP contribution is -2.58. The lowest BCUT2D eigenvalue weighted by atomic mass is 10.0. The van der Waals surface area contributed by atoms with E-state index in [1.807, 2.05) is 0 Å². The zero-order valence-electron chi connectivity index (χ0n) is 21.5. The van der Waals surface area contributed by atoms with Crippen molar-refractivity contribution in [1.82, 2.24) is 25.9 Å². The number of aliphatic carboxylic acids is 1. The number of carbonyl (C=O) groups excluding carboxylic acids is 3. The summed E-state index contributed by atoms with van der Waals surface area (Å²) in [5.41, 5.74) is 7.40. The summed E-state index contributed by atoms with van der Waals surface area (Å²) in [5, 5.41) is 36.1. The number of imidazole rings is 1. The molecule has 0 saturated heterocycles. The van der Waals surface area contributed by atoms with Crippen LogP contribution in [0.3, 0.4) is 0 Å². The molecule has 0 fully saturated rings. The normalized spacial score (nSPS) is 13.8. The van der Waals surface area contributed by atoms with Crippen molar-refractivity contribution >= 4 is 23.7 Å². The Morgan fingerprint density at radius 1 is 0.800 bits per heavy atom. The molecule has 0 aliphatic rings. The number of rotatable bonds is 14. The molecule has 0 aliphatic carbocycles. The third-order valence-electron chi connectivity index (χ3n) is 6.05. The summed E-state index contributed by atoms with van der Waals surface area (Å²) in [5.74, 6) is -3.52. The van der Waals surface area contributed by atoms with E-state index in [-0.39, 0.29) is 25.0 Å². The number of H-pyrrole nitrogens is 1. The van der Waals surface area contributed by atoms with Crippen molar-refractivity contribution in [3.63, 3.8) is 0 Å². The van der Waals surface area contributed by atoms with Crippen molar-refractivity contribution in [3.05, 3.63) is 83.9 Å². The number of hydrogen-bond donors (Lipinski definition) is 8. The van der Waals surface area contributed by atoms with E-state index in [0.29, 0.717) is 16.8 Å². The molecule has 13 nitrogen and oxygen atoms in total. The van der Waals surface area contributed by atoms with Crippen molar-refractivity contribution in [2.24, 2.45) is 5.73 Å². The van der Waals surface area contributed by atoms with Crippen LogP contribution >= 0.6 is 0 Å². The molecule has 4 atom stereocenters. The molecule has 40 heavy (non-hydrogen) atoms. The van der Waals surface area contributed by atoms with Crippen LogP contribution < -0.4 is 21.7 Å². The minimum Gasteiger partial charge on any atom is -0.508 e. The van der Waals surface area contributed by atoms with Crippen LogP contribution in [0.15, 0.2) is 67.1 Å². The molecule has 0 aliphatic heterocycles. The second kappa shape index (κ2) is 14.4. The predicted molar refractivity (Wildman–Crippen MR) is 143 cm³/mol. The summed E-state index contributed by atoms with van der Waals surface area (Å²) in [6.45, 7) is -0.647. The van der Waals surface area contributed by atoms with Crippen LogP contribution in [-0.2, 0) is 38.4 Å². The number of nitrogens with two attached hydrogens (primary N) is 1. The summed E-state index contributed by atoms with van der Waals surface area (Å²) >= 11 is 0. The maximum absolute atomic E-state index is 13.5. The average molecular weight is 553 g/mol. The van der Waals surface area contributed by atoms with Crippen LogP contribution in [0.4, 0.5) is 0 Å². The van der Waals surface area contributed by atoms with Crippen molar-refractivity contribution in [2.45, 2.75) is 43.4 Å². The first-order valence-corrected chi connectivity index (χ1v) is 12.5. The SMILES string of the molecule is NC(CO)C(=O)NC(Cc1ccc(O)cc1)C(=O)NC(Cc1ccccc1)C(=O)NC(Cc1cnc[nH]1)C(=O)O. The molecule has 1 aromatic heterocycles. The van der Waals surface area contributed by atoms with Gasteiger partial charge in [0.2, 0.25) is 17.7 Å². The van der Waals surface area contributed by atoms with Crippen LogP contribution in [0.1, 0.15) is 16.8 Å². The quantitative estimate of drug-likeness (QED) is 0.123. The van der Waals surface area contributed by atoms with Crippen LogP contribution in [0.2, 0.25) is 0 Å². The van der Waals surface area contributed by atoms with Gasteiger partial charge in [-0.05, 0) is 23.3 Å². The minimum absolute atomic E-state index is 0.0128. The van der Waals surface area contributed by atoms with E-state index >= 15 is 0 Å². The third-order valence-corrected chi connectivity index (χ3v) is 6.05. The van der Waals surface area contributed by atoms with Gasteiger partial charge in [0.25, 0.3) is 0 Å². The third kappa shape index (κ3) is 8.92. The van der Waals surface area contributed by atoms with Gasteiger partial charge in [0.05, 0.1) is 12.9 Å². The molecule has 0 spiro atoms. The van der Waals surface area contributed by atoms with Gasteiger partial charge in [0, 0.05) is 31.2 Å². The number of benzene rings is 2. The molecule has 3 amide bonds. The number of amides is 3. The first-order chi connectivity index (χ1) is 19.2. The summed E-state index contributed by atoms with van der Waals surface area (Å²) in [6, 6.07) is 9.78. The highest BCUT2D eigenvalue weighted by Gasteiger charge is 2.31. The summed E-state index contributed by atoms with van der Waals surface area (Å²) < 4.78 is 0. The number of carbonyl (C=O) groups is 4. The van der Waals surface area contributed by atoms with Crippen molar-refractivity contribution in [2.75, 3.05) is 6.61 Å². The lowest BCUT2D eigenvalue weighted by Gasteiger charge is -2.25. The van der Waals surface area contributed by atoms with E-state index in [2.05, 4.69) is 25.9 Å². The standard InChI is InChI=1S/C27H32N6O7/c28-20(14-34)24(36)31-21(11-17-6-8-19(35)9-7-17)25(37)32-22(10-16-4-2-1-3-5-16)26(38)33-23(27(39)40)12-18-13-29-15-30-18/h1-9,13,15,20-23,34-35H,10-12,14,28H2,(H,29,30)(H,31,36)(H,32,37)(H,33,38)(H,39,40). The van der Waals surface area contributed by atoms with Crippen molar-refractivity contribution in [1.29, 1.82) is 0 Å². The number of hydrogen-bond acceptors (Lipinski definition) is 8. The number of aliphatic hydroxyl groups is 1. The minimum atomic E-state index is -1.31. The fraction of sp³-hybridized carbons (Fsp3) is 0.296. The fourth-order valence-electron chi connectivity index (χ4n) is 3.86. The van der Waals surface area contributed by atoms with Crippen LogP contribution in [0.5, 0.6) is 5.75 Å². The number of aromatic amines is 1. The number of nitrogens with zero attached hydrogens (tertiary/aromatic N) is 1. The molecular weight excluding hydrogens is 520 g/mol. The monoisotopic (exact) mass is 552 g/mol. The molecule has 3 aromatic rings. The Morgan fingerprint density at radius 2 is 1.35 bits per heavy atom. The Labute approximate surface area is 229 Å². The zero-order chi connectivity index (χ0) is 29.1. The molecule has 4 unspecified atom stereocenters. The van der Waals surface area contributed by atoms with E-state index in [1.54, 1.807) is 42.5 Å². The number of nitrogens with one attached hydrogen (secondary N) is 4. The van der Waals surface area contributed by atoms with Gasteiger partial charge in [0.1, 0.15) is 29.9 Å². The van der Waals surface area contributed by atoms with Gasteiger partial charge in [0.15, 0.2) is 0 Å². The molecule has 2 aromatic carbocycles. The van der Waals surface area contributed by atoms with Gasteiger partial charge in [-0.1, -0.05) is 42.5 Å². The second-order valence-corrected chi connectivity index (χ2v) is 9.15. The number of carboxylic acids is 1. The Balaban J connectivity index is 1.83. The summed E-state index contributed by atoms with van der Waals surface area (Å²) in [4.78, 5) is 57.8. The van der Waals surface area contributed by atoms with Gasteiger partial charge in [-0.3, -0.25) is 14.4 Å². The molecule has 13 heteroatoms. The maximum Gasteiger partial charge on any atom is 0.326 e. The molecular formula is C27H32N6O7. The Bertz CT molecular complexity index is 1270. The smallest absolute Gasteiger partial charge is 0.326 e. The van der Waals surface area contributed by atoms with Gasteiger partial charge >= 0.3 is 5.97 Å². The highest BCUT2D eigenvalue weighted by atomic mass is 16.4. The molecule has 3 rings (SSSR count). The summed E-state index contributed by atoms with van der Waals surface area (Å²) in [6.07, 6.45) is 2.78. The highest BCUT2D eigenvalue weighted by Crippen LogP contribution is 2.12. The largest absolute Gasteiger partial charge is 0.508 e. The number of aromatic hydroxyl groups is 1. The van der Waals surface area contributed by atoms with Crippen LogP contribution in [0, 0.1) is 0 Å². The first kappa shape index (κ1) is 29.8. The Kier molecular flexibility index (Phi) is 10.7. The van der Waals surface area contributed by atoms with Gasteiger partial charge in [-0.25, -0.2) is 9.78 Å². The molecule has 0 saturated carbocycles. The van der Waals surface area contributed by atoms with Gasteiger partial charge < -0.3 is 42.0 Å². The first-order valence-electron chi connectivity index (χ1n) is 12.5. The molecule has 212 valence electrons. The van der Waals surface area contributed by atoms with E-state index in [9.17, 15) is 34.5 Å². The van der Waals surface area contributed by atoms with Crippen LogP contribution in [-0.4, -0.2) is 79.8 Å². The predicted octanol–water partition coefficient (Wildman–Crippen LogP) is -0.998. The van der Waals surface area contributed by atoms with Gasteiger partial charge in [-0.15, -0.1) is 0 Å². The van der Waals surface area contributed by atoms with Crippen LogP contribution in [0.25, 0.3) is 0 Å². The van der Waals surface area contributed by atoms with Crippen molar-refractivity contribution in [3.8, 4) is 5.75 Å². The summed E-state index contributed by atoms with van der Waals surface area (Å²) in [7, 11) is 0. The number of aromatic nitrogens is 2. The molecule has 1 heterocycles. The molecule has 9 N–H and O–H groups in total. The van der Waals surface area contributed by atoms with Gasteiger partial charge in [-0.2, -0.15) is 0 Å². The molecule has 0 bridgehead atoms. The number of phenols is 1. The Hall–Kier alpha value is -4.75. The maximum atomic E-state index is 13.5. The second-order valence-electron chi connectivity index (χ2n) is 9.15. The number of aliphatic hydroxyl groups excluding tert-OH is 1. The van der Waals surface area contributed by atoms with Crippen molar-refractivity contribution < 1.29 is 34.5 Å². The zero-order valence-corrected chi connectivity index (χ0v) is 21.5. The molecule has 0 radical (unpaired) electrons.